The highest BCUT2D eigenvalue weighted by atomic mass is 35.5. The van der Waals surface area contributed by atoms with Crippen LogP contribution >= 0.6 is 12.4 Å². The largest absolute Gasteiger partial charge is 0.342 e. The number of hydrogen-bond acceptors (Lipinski definition) is 2. The molecule has 1 aromatic rings. The summed E-state index contributed by atoms with van der Waals surface area (Å²) in [6.45, 7) is 7.61. The second-order valence-corrected chi connectivity index (χ2v) is 7.18. The van der Waals surface area contributed by atoms with Crippen molar-refractivity contribution in [3.8, 4) is 0 Å². The van der Waals surface area contributed by atoms with E-state index in [4.69, 9.17) is 0 Å². The van der Waals surface area contributed by atoms with E-state index in [1.807, 2.05) is 24.8 Å². The quantitative estimate of drug-likeness (QED) is 0.897. The zero-order valence-corrected chi connectivity index (χ0v) is 14.7. The monoisotopic (exact) mass is 340 g/mol. The zero-order chi connectivity index (χ0) is 15.7. The van der Waals surface area contributed by atoms with Crippen molar-refractivity contribution < 1.29 is 9.18 Å². The molecule has 0 unspecified atom stereocenters. The Hall–Kier alpha value is -1.13. The molecule has 2 saturated heterocycles. The third-order valence-electron chi connectivity index (χ3n) is 5.39. The van der Waals surface area contributed by atoms with Gasteiger partial charge in [-0.2, -0.15) is 0 Å². The van der Waals surface area contributed by atoms with Crippen molar-refractivity contribution in [1.82, 2.24) is 10.2 Å². The van der Waals surface area contributed by atoms with Gasteiger partial charge in [0.25, 0.3) is 0 Å². The van der Waals surface area contributed by atoms with Crippen LogP contribution in [-0.4, -0.2) is 37.0 Å². The first-order chi connectivity index (χ1) is 10.5. The Morgan fingerprint density at radius 2 is 1.83 bits per heavy atom. The van der Waals surface area contributed by atoms with Gasteiger partial charge in [0.2, 0.25) is 5.91 Å². The van der Waals surface area contributed by atoms with Crippen molar-refractivity contribution in [2.45, 2.75) is 32.1 Å². The number of rotatable bonds is 2. The minimum Gasteiger partial charge on any atom is -0.342 e. The summed E-state index contributed by atoms with van der Waals surface area (Å²) in [5, 5.41) is 3.45. The van der Waals surface area contributed by atoms with Crippen molar-refractivity contribution in [2.75, 3.05) is 26.2 Å². The van der Waals surface area contributed by atoms with Gasteiger partial charge in [0.1, 0.15) is 5.82 Å². The molecule has 0 radical (unpaired) electrons. The predicted molar refractivity (Wildman–Crippen MR) is 92.3 cm³/mol. The molecule has 1 aromatic carbocycles. The van der Waals surface area contributed by atoms with Crippen LogP contribution in [0.15, 0.2) is 24.3 Å². The van der Waals surface area contributed by atoms with E-state index >= 15 is 0 Å². The number of carbonyl (C=O) groups is 1. The van der Waals surface area contributed by atoms with Gasteiger partial charge in [-0.1, -0.05) is 12.1 Å². The molecule has 1 amide bonds. The SMILES string of the molecule is CC(C)(C(=O)N1CC[C@@H]2CNC[C@@H]2CC1)c1cccc(F)c1.Cl. The Morgan fingerprint density at radius 3 is 2.39 bits per heavy atom. The number of nitrogens with one attached hydrogen (secondary N) is 1. The van der Waals surface area contributed by atoms with E-state index in [1.165, 1.54) is 12.1 Å². The van der Waals surface area contributed by atoms with E-state index in [0.717, 1.165) is 44.6 Å². The zero-order valence-electron chi connectivity index (χ0n) is 13.8. The lowest BCUT2D eigenvalue weighted by Crippen LogP contribution is -2.44. The topological polar surface area (TPSA) is 32.3 Å². The summed E-state index contributed by atoms with van der Waals surface area (Å²) in [5.41, 5.74) is 0.0726. The van der Waals surface area contributed by atoms with Crippen LogP contribution in [0.1, 0.15) is 32.3 Å². The van der Waals surface area contributed by atoms with Crippen LogP contribution < -0.4 is 5.32 Å². The van der Waals surface area contributed by atoms with Gasteiger partial charge in [-0.3, -0.25) is 4.79 Å². The minimum absolute atomic E-state index is 0. The number of carbonyl (C=O) groups excluding carboxylic acids is 1. The van der Waals surface area contributed by atoms with Gasteiger partial charge in [0.15, 0.2) is 0 Å². The van der Waals surface area contributed by atoms with Crippen LogP contribution in [0.5, 0.6) is 0 Å². The summed E-state index contributed by atoms with van der Waals surface area (Å²) in [4.78, 5) is 15.0. The molecule has 0 bridgehead atoms. The van der Waals surface area contributed by atoms with Gasteiger partial charge in [-0.05, 0) is 69.3 Å². The van der Waals surface area contributed by atoms with Crippen LogP contribution in [0.25, 0.3) is 0 Å². The van der Waals surface area contributed by atoms with Crippen molar-refractivity contribution >= 4 is 18.3 Å². The maximum Gasteiger partial charge on any atom is 0.232 e. The summed E-state index contributed by atoms with van der Waals surface area (Å²) in [5.74, 6) is 1.24. The van der Waals surface area contributed by atoms with Gasteiger partial charge in [0.05, 0.1) is 5.41 Å². The van der Waals surface area contributed by atoms with Crippen LogP contribution in [0, 0.1) is 17.7 Å². The predicted octanol–water partition coefficient (Wildman–Crippen LogP) is 2.98. The van der Waals surface area contributed by atoms with Gasteiger partial charge in [-0.15, -0.1) is 12.4 Å². The maximum absolute atomic E-state index is 13.5. The average molecular weight is 341 g/mol. The Kier molecular flexibility index (Phi) is 5.69. The molecule has 2 aliphatic heterocycles. The smallest absolute Gasteiger partial charge is 0.232 e. The van der Waals surface area contributed by atoms with Crippen LogP contribution in [0.4, 0.5) is 4.39 Å². The molecule has 128 valence electrons. The van der Waals surface area contributed by atoms with Crippen molar-refractivity contribution in [1.29, 1.82) is 0 Å². The molecule has 3 nitrogen and oxygen atoms in total. The molecule has 1 N–H and O–H groups in total. The molecule has 5 heteroatoms. The third kappa shape index (κ3) is 3.69. The van der Waals surface area contributed by atoms with E-state index in [9.17, 15) is 9.18 Å². The van der Waals surface area contributed by atoms with Gasteiger partial charge in [-0.25, -0.2) is 4.39 Å². The highest BCUT2D eigenvalue weighted by Crippen LogP contribution is 2.31. The lowest BCUT2D eigenvalue weighted by Gasteiger charge is -2.32. The minimum atomic E-state index is -0.681. The molecule has 2 aliphatic rings. The fraction of sp³-hybridized carbons (Fsp3) is 0.611. The Bertz CT molecular complexity index is 550. The van der Waals surface area contributed by atoms with Crippen LogP contribution in [0.3, 0.4) is 0 Å². The summed E-state index contributed by atoms with van der Waals surface area (Å²) in [6, 6.07) is 6.42. The van der Waals surface area contributed by atoms with E-state index in [0.29, 0.717) is 11.8 Å². The Balaban J connectivity index is 0.00000192. The second kappa shape index (κ2) is 7.18. The molecule has 2 atom stereocenters. The molecule has 0 saturated carbocycles. The number of fused-ring (bicyclic) bond motifs is 1. The molecule has 0 aromatic heterocycles. The Labute approximate surface area is 144 Å². The molecular formula is C18H26ClFN2O. The van der Waals surface area contributed by atoms with E-state index in [1.54, 1.807) is 6.07 Å². The summed E-state index contributed by atoms with van der Waals surface area (Å²) < 4.78 is 13.5. The first-order valence-corrected chi connectivity index (χ1v) is 8.24. The molecule has 23 heavy (non-hydrogen) atoms. The van der Waals surface area contributed by atoms with Crippen molar-refractivity contribution in [3.63, 3.8) is 0 Å². The molecule has 0 spiro atoms. The van der Waals surface area contributed by atoms with Gasteiger partial charge in [0, 0.05) is 13.1 Å². The number of likely N-dealkylation sites (tertiary alicyclic amines) is 1. The van der Waals surface area contributed by atoms with Gasteiger partial charge >= 0.3 is 0 Å². The molecule has 2 fully saturated rings. The average Bonchev–Trinajstić information content (AvgIpc) is 2.85. The molecule has 0 aliphatic carbocycles. The van der Waals surface area contributed by atoms with Crippen LogP contribution in [-0.2, 0) is 10.2 Å². The second-order valence-electron chi connectivity index (χ2n) is 7.18. The molecular weight excluding hydrogens is 315 g/mol. The normalized spacial score (nSPS) is 24.6. The summed E-state index contributed by atoms with van der Waals surface area (Å²) in [7, 11) is 0. The number of halogens is 2. The van der Waals surface area contributed by atoms with Crippen molar-refractivity contribution in [2.24, 2.45) is 11.8 Å². The van der Waals surface area contributed by atoms with E-state index < -0.39 is 5.41 Å². The molecule has 3 rings (SSSR count). The molecule has 2 heterocycles. The lowest BCUT2D eigenvalue weighted by atomic mass is 9.83. The van der Waals surface area contributed by atoms with E-state index in [2.05, 4.69) is 5.32 Å². The van der Waals surface area contributed by atoms with Crippen molar-refractivity contribution in [3.05, 3.63) is 35.6 Å². The fourth-order valence-electron chi connectivity index (χ4n) is 3.82. The number of nitrogens with zero attached hydrogens (tertiary/aromatic N) is 1. The Morgan fingerprint density at radius 1 is 1.22 bits per heavy atom. The standard InChI is InChI=1S/C18H25FN2O.ClH/c1-18(2,15-4-3-5-16(19)10-15)17(22)21-8-6-13-11-20-12-14(13)7-9-21;/h3-5,10,13-14,20H,6-9,11-12H2,1-2H3;1H/t13-,14+;. The highest BCUT2D eigenvalue weighted by molar-refractivity contribution is 5.87. The highest BCUT2D eigenvalue weighted by Gasteiger charge is 2.37. The fourth-order valence-corrected chi connectivity index (χ4v) is 3.82. The first-order valence-electron chi connectivity index (χ1n) is 8.24. The lowest BCUT2D eigenvalue weighted by molar-refractivity contribution is -0.136. The van der Waals surface area contributed by atoms with E-state index in [-0.39, 0.29) is 24.1 Å². The summed E-state index contributed by atoms with van der Waals surface area (Å²) >= 11 is 0. The van der Waals surface area contributed by atoms with Crippen LogP contribution in [0.2, 0.25) is 0 Å². The summed E-state index contributed by atoms with van der Waals surface area (Å²) in [6.07, 6.45) is 2.14. The number of hydrogen-bond donors (Lipinski definition) is 1. The van der Waals surface area contributed by atoms with Gasteiger partial charge < -0.3 is 10.2 Å². The first kappa shape index (κ1) is 18.2. The third-order valence-corrected chi connectivity index (χ3v) is 5.39. The number of amides is 1. The number of benzene rings is 1. The maximum atomic E-state index is 13.5.